The fourth-order valence-electron chi connectivity index (χ4n) is 4.13. The number of nitrogens with zero attached hydrogens (tertiary/aromatic N) is 3. The van der Waals surface area contributed by atoms with E-state index in [1.54, 1.807) is 59.2 Å². The number of amides is 1. The number of nitrogens with one attached hydrogen (secondary N) is 1. The zero-order valence-electron chi connectivity index (χ0n) is 21.6. The molecule has 0 aliphatic rings. The lowest BCUT2D eigenvalue weighted by Gasteiger charge is -2.24. The van der Waals surface area contributed by atoms with E-state index in [0.717, 1.165) is 26.8 Å². The van der Waals surface area contributed by atoms with Crippen LogP contribution < -0.4 is 9.73 Å². The second-order valence-electron chi connectivity index (χ2n) is 9.07. The number of aryl methyl sites for hydroxylation is 3. The minimum atomic E-state index is -4.02. The second kappa shape index (κ2) is 11.0. The van der Waals surface area contributed by atoms with E-state index in [2.05, 4.69) is 10.5 Å². The molecule has 4 aromatic rings. The number of carbonyl (C=O) groups is 1. The number of hydrazone groups is 1. The molecule has 3 aromatic carbocycles. The number of anilines is 1. The third-order valence-corrected chi connectivity index (χ3v) is 7.96. The van der Waals surface area contributed by atoms with Crippen molar-refractivity contribution in [3.05, 3.63) is 113 Å². The molecule has 0 fully saturated rings. The Morgan fingerprint density at radius 3 is 2.18 bits per heavy atom. The summed E-state index contributed by atoms with van der Waals surface area (Å²) < 4.78 is 44.2. The van der Waals surface area contributed by atoms with Crippen LogP contribution in [0.25, 0.3) is 5.69 Å². The normalized spacial score (nSPS) is 11.6. The van der Waals surface area contributed by atoms with Crippen LogP contribution in [0.1, 0.15) is 28.1 Å². The van der Waals surface area contributed by atoms with Crippen LogP contribution in [-0.2, 0) is 14.8 Å². The molecule has 0 radical (unpaired) electrons. The van der Waals surface area contributed by atoms with Gasteiger partial charge in [-0.05, 0) is 70.2 Å². The van der Waals surface area contributed by atoms with Crippen LogP contribution in [0.3, 0.4) is 0 Å². The van der Waals surface area contributed by atoms with Crippen molar-refractivity contribution in [2.75, 3.05) is 10.8 Å². The predicted octanol–water partition coefficient (Wildman–Crippen LogP) is 5.20. The number of sulfonamides is 1. The van der Waals surface area contributed by atoms with E-state index >= 15 is 0 Å². The first-order valence-electron chi connectivity index (χ1n) is 12.0. The predicted molar refractivity (Wildman–Crippen MR) is 148 cm³/mol. The van der Waals surface area contributed by atoms with E-state index in [4.69, 9.17) is 0 Å². The SMILES string of the molecule is Cc1ccc(N(CC(=O)N/N=C\c2cc(C)n(-c3ccccc3F)c2C)S(=O)(=O)c2ccc(C)cc2)cc1. The van der Waals surface area contributed by atoms with Gasteiger partial charge in [0.15, 0.2) is 0 Å². The highest BCUT2D eigenvalue weighted by Gasteiger charge is 2.27. The molecule has 0 spiro atoms. The van der Waals surface area contributed by atoms with Crippen molar-refractivity contribution in [3.63, 3.8) is 0 Å². The maximum absolute atomic E-state index is 14.4. The Bertz CT molecular complexity index is 1590. The lowest BCUT2D eigenvalue weighted by molar-refractivity contribution is -0.119. The fourth-order valence-corrected chi connectivity index (χ4v) is 5.55. The number of aromatic nitrogens is 1. The summed E-state index contributed by atoms with van der Waals surface area (Å²) in [6.07, 6.45) is 1.46. The number of hydrogen-bond donors (Lipinski definition) is 1. The monoisotopic (exact) mass is 532 g/mol. The van der Waals surface area contributed by atoms with Crippen molar-refractivity contribution in [2.45, 2.75) is 32.6 Å². The van der Waals surface area contributed by atoms with Crippen LogP contribution in [0.4, 0.5) is 10.1 Å². The zero-order chi connectivity index (χ0) is 27.4. The standard InChI is InChI=1S/C29H29FN4O3S/c1-20-9-13-25(14-10-20)33(38(36,37)26-15-11-21(2)12-16-26)19-29(35)32-31-18-24-17-22(3)34(23(24)4)28-8-6-5-7-27(28)30/h5-18H,19H2,1-4H3,(H,32,35)/b31-18-. The fraction of sp³-hybridized carbons (Fsp3) is 0.172. The van der Waals surface area contributed by atoms with E-state index in [1.807, 2.05) is 33.8 Å². The molecule has 0 unspecified atom stereocenters. The molecule has 38 heavy (non-hydrogen) atoms. The molecule has 9 heteroatoms. The van der Waals surface area contributed by atoms with Crippen LogP contribution in [0.15, 0.2) is 88.9 Å². The van der Waals surface area contributed by atoms with Crippen molar-refractivity contribution in [3.8, 4) is 5.69 Å². The molecule has 0 saturated carbocycles. The Morgan fingerprint density at radius 2 is 1.55 bits per heavy atom. The number of rotatable bonds is 8. The quantitative estimate of drug-likeness (QED) is 0.250. The van der Waals surface area contributed by atoms with Crippen LogP contribution >= 0.6 is 0 Å². The summed E-state index contributed by atoms with van der Waals surface area (Å²) in [6.45, 7) is 6.98. The van der Waals surface area contributed by atoms with Crippen molar-refractivity contribution < 1.29 is 17.6 Å². The van der Waals surface area contributed by atoms with Gasteiger partial charge in [-0.3, -0.25) is 9.10 Å². The van der Waals surface area contributed by atoms with E-state index in [9.17, 15) is 17.6 Å². The average molecular weight is 533 g/mol. The molecule has 0 atom stereocenters. The Kier molecular flexibility index (Phi) is 7.78. The molecule has 0 aliphatic carbocycles. The first-order chi connectivity index (χ1) is 18.1. The van der Waals surface area contributed by atoms with Gasteiger partial charge in [0.1, 0.15) is 12.4 Å². The van der Waals surface area contributed by atoms with E-state index < -0.39 is 22.5 Å². The van der Waals surface area contributed by atoms with Gasteiger partial charge in [-0.25, -0.2) is 18.2 Å². The van der Waals surface area contributed by atoms with Crippen LogP contribution in [-0.4, -0.2) is 31.7 Å². The van der Waals surface area contributed by atoms with Crippen LogP contribution in [0.5, 0.6) is 0 Å². The first-order valence-corrected chi connectivity index (χ1v) is 13.4. The summed E-state index contributed by atoms with van der Waals surface area (Å²) in [5, 5.41) is 4.05. The van der Waals surface area contributed by atoms with E-state index in [0.29, 0.717) is 16.9 Å². The molecule has 7 nitrogen and oxygen atoms in total. The molecule has 0 bridgehead atoms. The third kappa shape index (κ3) is 5.68. The van der Waals surface area contributed by atoms with Crippen molar-refractivity contribution in [2.24, 2.45) is 5.10 Å². The molecular weight excluding hydrogens is 503 g/mol. The maximum atomic E-state index is 14.4. The van der Waals surface area contributed by atoms with Crippen molar-refractivity contribution in [1.29, 1.82) is 0 Å². The summed E-state index contributed by atoms with van der Waals surface area (Å²) in [5.74, 6) is -0.961. The maximum Gasteiger partial charge on any atom is 0.264 e. The molecule has 0 aliphatic heterocycles. The first kappa shape index (κ1) is 26.8. The Labute approximate surface area is 222 Å². The molecule has 0 saturated heterocycles. The minimum absolute atomic E-state index is 0.0839. The van der Waals surface area contributed by atoms with Gasteiger partial charge in [-0.1, -0.05) is 47.5 Å². The lowest BCUT2D eigenvalue weighted by Crippen LogP contribution is -2.39. The summed E-state index contributed by atoms with van der Waals surface area (Å²) >= 11 is 0. The zero-order valence-corrected chi connectivity index (χ0v) is 22.5. The molecular formula is C29H29FN4O3S. The number of carbonyl (C=O) groups excluding carboxylic acids is 1. The van der Waals surface area contributed by atoms with Gasteiger partial charge in [0.05, 0.1) is 22.5 Å². The summed E-state index contributed by atoms with van der Waals surface area (Å²) in [7, 11) is -4.02. The van der Waals surface area contributed by atoms with Gasteiger partial charge in [0, 0.05) is 17.0 Å². The summed E-state index contributed by atoms with van der Waals surface area (Å²) in [6, 6.07) is 21.7. The largest absolute Gasteiger partial charge is 0.315 e. The van der Waals surface area contributed by atoms with Crippen molar-refractivity contribution in [1.82, 2.24) is 9.99 Å². The van der Waals surface area contributed by atoms with Crippen LogP contribution in [0.2, 0.25) is 0 Å². The van der Waals surface area contributed by atoms with E-state index in [-0.39, 0.29) is 10.7 Å². The smallest absolute Gasteiger partial charge is 0.264 e. The van der Waals surface area contributed by atoms with Gasteiger partial charge >= 0.3 is 0 Å². The second-order valence-corrected chi connectivity index (χ2v) is 10.9. The highest BCUT2D eigenvalue weighted by molar-refractivity contribution is 7.92. The van der Waals surface area contributed by atoms with Gasteiger partial charge < -0.3 is 4.57 Å². The molecule has 196 valence electrons. The number of benzene rings is 3. The molecule has 1 N–H and O–H groups in total. The summed E-state index contributed by atoms with van der Waals surface area (Å²) in [5.41, 5.74) is 7.32. The lowest BCUT2D eigenvalue weighted by atomic mass is 10.2. The topological polar surface area (TPSA) is 83.8 Å². The van der Waals surface area contributed by atoms with E-state index in [1.165, 1.54) is 24.4 Å². The highest BCUT2D eigenvalue weighted by Crippen LogP contribution is 2.25. The molecule has 4 rings (SSSR count). The molecule has 1 heterocycles. The Hall–Kier alpha value is -4.24. The Balaban J connectivity index is 1.56. The van der Waals surface area contributed by atoms with Crippen LogP contribution in [0, 0.1) is 33.5 Å². The number of halogens is 1. The minimum Gasteiger partial charge on any atom is -0.315 e. The Morgan fingerprint density at radius 1 is 0.947 bits per heavy atom. The molecule has 1 amide bonds. The van der Waals surface area contributed by atoms with Gasteiger partial charge in [0.25, 0.3) is 15.9 Å². The molecule has 1 aromatic heterocycles. The summed E-state index contributed by atoms with van der Waals surface area (Å²) in [4.78, 5) is 12.9. The number of para-hydroxylation sites is 1. The highest BCUT2D eigenvalue weighted by atomic mass is 32.2. The van der Waals surface area contributed by atoms with Gasteiger partial charge in [-0.2, -0.15) is 5.10 Å². The van der Waals surface area contributed by atoms with Gasteiger partial charge in [0.2, 0.25) is 0 Å². The average Bonchev–Trinajstić information content (AvgIpc) is 3.16. The third-order valence-electron chi connectivity index (χ3n) is 6.17. The number of hydrogen-bond acceptors (Lipinski definition) is 4. The van der Waals surface area contributed by atoms with Crippen molar-refractivity contribution >= 4 is 27.8 Å². The van der Waals surface area contributed by atoms with Gasteiger partial charge in [-0.15, -0.1) is 0 Å².